The number of hydrogen-bond donors (Lipinski definition) is 2. The molecular formula is C23H16BrClN2O4. The monoisotopic (exact) mass is 498 g/mol. The van der Waals surface area contributed by atoms with Crippen LogP contribution in [0.5, 0.6) is 5.75 Å². The second kappa shape index (κ2) is 8.17. The number of hydrogen-bond acceptors (Lipinski definition) is 5. The maximum Gasteiger partial charge on any atom is 0.300 e. The molecule has 0 radical (unpaired) electrons. The van der Waals surface area contributed by atoms with Gasteiger partial charge < -0.3 is 10.2 Å². The summed E-state index contributed by atoms with van der Waals surface area (Å²) in [7, 11) is 0. The summed E-state index contributed by atoms with van der Waals surface area (Å²) >= 11 is 9.50. The summed E-state index contributed by atoms with van der Waals surface area (Å²) < 4.78 is 0.845. The molecule has 1 atom stereocenters. The Morgan fingerprint density at radius 3 is 2.61 bits per heavy atom. The van der Waals surface area contributed by atoms with Crippen molar-refractivity contribution in [3.63, 3.8) is 0 Å². The number of aryl methyl sites for hydroxylation is 1. The highest BCUT2D eigenvalue weighted by atomic mass is 79.9. The molecule has 156 valence electrons. The molecule has 1 fully saturated rings. The fourth-order valence-corrected chi connectivity index (χ4v) is 3.98. The van der Waals surface area contributed by atoms with E-state index in [0.29, 0.717) is 11.1 Å². The molecule has 0 bridgehead atoms. The number of aliphatic hydroxyl groups is 1. The first-order valence-corrected chi connectivity index (χ1v) is 10.4. The van der Waals surface area contributed by atoms with Crippen LogP contribution in [0, 0.1) is 6.92 Å². The number of aromatic nitrogens is 1. The van der Waals surface area contributed by atoms with Gasteiger partial charge in [-0.05, 0) is 54.4 Å². The van der Waals surface area contributed by atoms with E-state index >= 15 is 0 Å². The predicted molar refractivity (Wildman–Crippen MR) is 121 cm³/mol. The highest BCUT2D eigenvalue weighted by Crippen LogP contribution is 2.45. The molecule has 1 aliphatic heterocycles. The molecule has 0 aliphatic carbocycles. The van der Waals surface area contributed by atoms with Gasteiger partial charge in [-0.25, -0.2) is 0 Å². The molecule has 2 aromatic carbocycles. The van der Waals surface area contributed by atoms with Crippen LogP contribution in [0.3, 0.4) is 0 Å². The number of benzene rings is 2. The molecule has 1 aliphatic rings. The summed E-state index contributed by atoms with van der Waals surface area (Å²) in [6.07, 6.45) is 3.07. The minimum Gasteiger partial charge on any atom is -0.507 e. The summed E-state index contributed by atoms with van der Waals surface area (Å²) in [5.41, 5.74) is 1.71. The highest BCUT2D eigenvalue weighted by Gasteiger charge is 2.47. The third kappa shape index (κ3) is 3.71. The molecule has 1 unspecified atom stereocenters. The van der Waals surface area contributed by atoms with Crippen LogP contribution in [0.4, 0.5) is 5.69 Å². The Kier molecular flexibility index (Phi) is 5.56. The zero-order valence-electron chi connectivity index (χ0n) is 16.2. The van der Waals surface area contributed by atoms with E-state index in [1.54, 1.807) is 36.5 Å². The molecule has 2 heterocycles. The second-order valence-corrected chi connectivity index (χ2v) is 8.34. The number of carbonyl (C=O) groups is 2. The van der Waals surface area contributed by atoms with Crippen molar-refractivity contribution >= 4 is 50.7 Å². The molecule has 6 nitrogen and oxygen atoms in total. The van der Waals surface area contributed by atoms with E-state index in [1.807, 2.05) is 6.92 Å². The van der Waals surface area contributed by atoms with Crippen molar-refractivity contribution < 1.29 is 19.8 Å². The maximum absolute atomic E-state index is 13.1. The van der Waals surface area contributed by atoms with Gasteiger partial charge in [0.2, 0.25) is 0 Å². The number of amides is 1. The zero-order chi connectivity index (χ0) is 22.3. The normalized spacial score (nSPS) is 17.9. The molecule has 4 rings (SSSR count). The van der Waals surface area contributed by atoms with Crippen LogP contribution in [0.2, 0.25) is 5.02 Å². The summed E-state index contributed by atoms with van der Waals surface area (Å²) in [6, 6.07) is 11.7. The third-order valence-corrected chi connectivity index (χ3v) is 6.20. The Bertz CT molecular complexity index is 1240. The standard InChI is InChI=1S/C23H16BrClN2O4/c1-12-9-13(4-6-16(12)24)21(29)19-20(14-3-2-8-26-11-14)27(23(31)22(19)30)17-10-15(25)5-7-18(17)28/h2-11,20,28-29H,1H3/b21-19+. The van der Waals surface area contributed by atoms with Gasteiger partial charge >= 0.3 is 0 Å². The molecule has 3 aromatic rings. The number of carbonyl (C=O) groups excluding carboxylic acids is 2. The number of halogens is 2. The number of rotatable bonds is 3. The lowest BCUT2D eigenvalue weighted by Crippen LogP contribution is -2.29. The van der Waals surface area contributed by atoms with E-state index in [9.17, 15) is 19.8 Å². The van der Waals surface area contributed by atoms with Crippen molar-refractivity contribution in [3.05, 3.63) is 92.7 Å². The molecule has 0 saturated carbocycles. The van der Waals surface area contributed by atoms with Crippen molar-refractivity contribution in [1.82, 2.24) is 4.98 Å². The topological polar surface area (TPSA) is 90.7 Å². The number of anilines is 1. The van der Waals surface area contributed by atoms with Crippen molar-refractivity contribution in [2.45, 2.75) is 13.0 Å². The van der Waals surface area contributed by atoms with Gasteiger partial charge in [0.1, 0.15) is 11.5 Å². The van der Waals surface area contributed by atoms with Crippen molar-refractivity contribution in [2.75, 3.05) is 4.90 Å². The Hall–Kier alpha value is -3.16. The second-order valence-electron chi connectivity index (χ2n) is 7.05. The van der Waals surface area contributed by atoms with E-state index < -0.39 is 17.7 Å². The summed E-state index contributed by atoms with van der Waals surface area (Å²) in [5, 5.41) is 21.8. The minimum absolute atomic E-state index is 0.0643. The minimum atomic E-state index is -0.998. The lowest BCUT2D eigenvalue weighted by atomic mass is 9.95. The number of pyridine rings is 1. The van der Waals surface area contributed by atoms with E-state index in [2.05, 4.69) is 20.9 Å². The van der Waals surface area contributed by atoms with Crippen LogP contribution >= 0.6 is 27.5 Å². The van der Waals surface area contributed by atoms with Gasteiger partial charge in [0.15, 0.2) is 0 Å². The summed E-state index contributed by atoms with van der Waals surface area (Å²) in [6.45, 7) is 1.85. The lowest BCUT2D eigenvalue weighted by Gasteiger charge is -2.26. The molecule has 2 N–H and O–H groups in total. The van der Waals surface area contributed by atoms with Crippen LogP contribution in [-0.4, -0.2) is 26.9 Å². The van der Waals surface area contributed by atoms with Gasteiger partial charge in [-0.15, -0.1) is 0 Å². The SMILES string of the molecule is Cc1cc(/C(O)=C2\C(=O)C(=O)N(c3cc(Cl)ccc3O)C2c2cccnc2)ccc1Br. The van der Waals surface area contributed by atoms with Crippen LogP contribution in [0.1, 0.15) is 22.7 Å². The van der Waals surface area contributed by atoms with E-state index in [-0.39, 0.29) is 27.8 Å². The van der Waals surface area contributed by atoms with Crippen LogP contribution in [-0.2, 0) is 9.59 Å². The van der Waals surface area contributed by atoms with Crippen LogP contribution in [0.15, 0.2) is 71.0 Å². The van der Waals surface area contributed by atoms with Crippen LogP contribution in [0.25, 0.3) is 5.76 Å². The molecule has 1 saturated heterocycles. The zero-order valence-corrected chi connectivity index (χ0v) is 18.6. The first-order chi connectivity index (χ1) is 14.8. The molecule has 1 aromatic heterocycles. The molecular weight excluding hydrogens is 484 g/mol. The molecule has 8 heteroatoms. The number of phenolic OH excluding ortho intramolecular Hbond substituents is 1. The van der Waals surface area contributed by atoms with Crippen molar-refractivity contribution in [2.24, 2.45) is 0 Å². The van der Waals surface area contributed by atoms with Gasteiger partial charge in [0.25, 0.3) is 11.7 Å². The Morgan fingerprint density at radius 1 is 1.16 bits per heavy atom. The Morgan fingerprint density at radius 2 is 1.94 bits per heavy atom. The fraction of sp³-hybridized carbons (Fsp3) is 0.0870. The largest absolute Gasteiger partial charge is 0.507 e. The summed E-state index contributed by atoms with van der Waals surface area (Å²) in [4.78, 5) is 31.4. The molecule has 0 spiro atoms. The predicted octanol–water partition coefficient (Wildman–Crippen LogP) is 5.14. The number of aliphatic hydroxyl groups excluding tert-OH is 1. The number of nitrogens with zero attached hydrogens (tertiary/aromatic N) is 2. The van der Waals surface area contributed by atoms with Gasteiger partial charge in [-0.2, -0.15) is 0 Å². The summed E-state index contributed by atoms with van der Waals surface area (Å²) in [5.74, 6) is -2.29. The fourth-order valence-electron chi connectivity index (χ4n) is 3.57. The first-order valence-electron chi connectivity index (χ1n) is 9.25. The smallest absolute Gasteiger partial charge is 0.300 e. The van der Waals surface area contributed by atoms with E-state index in [0.717, 1.165) is 14.9 Å². The number of ketones is 1. The van der Waals surface area contributed by atoms with Crippen LogP contribution < -0.4 is 4.90 Å². The maximum atomic E-state index is 13.1. The number of aromatic hydroxyl groups is 1. The number of Topliss-reactive ketones (excluding diaryl/α,β-unsaturated/α-hetero) is 1. The lowest BCUT2D eigenvalue weighted by molar-refractivity contribution is -0.132. The average Bonchev–Trinajstić information content (AvgIpc) is 3.02. The van der Waals surface area contributed by atoms with Gasteiger partial charge in [-0.3, -0.25) is 19.5 Å². The Balaban J connectivity index is 1.98. The average molecular weight is 500 g/mol. The highest BCUT2D eigenvalue weighted by molar-refractivity contribution is 9.10. The van der Waals surface area contributed by atoms with Crippen molar-refractivity contribution in [3.8, 4) is 5.75 Å². The van der Waals surface area contributed by atoms with Gasteiger partial charge in [-0.1, -0.05) is 39.7 Å². The van der Waals surface area contributed by atoms with E-state index in [4.69, 9.17) is 11.6 Å². The third-order valence-electron chi connectivity index (χ3n) is 5.07. The number of phenols is 1. The Labute approximate surface area is 191 Å². The molecule has 31 heavy (non-hydrogen) atoms. The van der Waals surface area contributed by atoms with Gasteiger partial charge in [0.05, 0.1) is 17.3 Å². The molecule has 1 amide bonds. The quantitative estimate of drug-likeness (QED) is 0.296. The van der Waals surface area contributed by atoms with Gasteiger partial charge in [0, 0.05) is 27.5 Å². The van der Waals surface area contributed by atoms with E-state index in [1.165, 1.54) is 24.4 Å². The van der Waals surface area contributed by atoms with Crippen molar-refractivity contribution in [1.29, 1.82) is 0 Å². The first kappa shape index (κ1) is 21.1.